The number of rotatable bonds is 2. The molecule has 2 N–H and O–H groups in total. The lowest BCUT2D eigenvalue weighted by molar-refractivity contribution is -0.143. The number of carboxylic acids is 1. The van der Waals surface area contributed by atoms with Crippen molar-refractivity contribution in [1.29, 1.82) is 0 Å². The van der Waals surface area contributed by atoms with Gasteiger partial charge in [0.25, 0.3) is 0 Å². The highest BCUT2D eigenvalue weighted by Crippen LogP contribution is 2.35. The molecule has 2 amide bonds. The molecular formula is C15H26N2O3. The van der Waals surface area contributed by atoms with Gasteiger partial charge in [0.1, 0.15) is 0 Å². The maximum absolute atomic E-state index is 12.2. The van der Waals surface area contributed by atoms with Crippen LogP contribution in [0.4, 0.5) is 4.79 Å². The highest BCUT2D eigenvalue weighted by atomic mass is 16.4. The van der Waals surface area contributed by atoms with Gasteiger partial charge in [-0.25, -0.2) is 4.79 Å². The number of aliphatic carboxylic acids is 1. The Morgan fingerprint density at radius 3 is 2.45 bits per heavy atom. The summed E-state index contributed by atoms with van der Waals surface area (Å²) in [7, 11) is 0. The zero-order valence-corrected chi connectivity index (χ0v) is 12.5. The molecule has 0 spiro atoms. The molecule has 1 aliphatic carbocycles. The third-order valence-corrected chi connectivity index (χ3v) is 4.72. The lowest BCUT2D eigenvalue weighted by atomic mass is 9.75. The van der Waals surface area contributed by atoms with Gasteiger partial charge >= 0.3 is 12.0 Å². The Hall–Kier alpha value is -1.26. The summed E-state index contributed by atoms with van der Waals surface area (Å²) in [6.45, 7) is 5.56. The molecule has 0 aromatic carbocycles. The molecule has 5 heteroatoms. The summed E-state index contributed by atoms with van der Waals surface area (Å²) in [6, 6.07) is 0.168. The lowest BCUT2D eigenvalue weighted by Gasteiger charge is -2.37. The molecule has 2 fully saturated rings. The first kappa shape index (κ1) is 15.1. The van der Waals surface area contributed by atoms with E-state index in [4.69, 9.17) is 5.11 Å². The van der Waals surface area contributed by atoms with E-state index in [2.05, 4.69) is 19.2 Å². The number of nitrogens with zero attached hydrogens (tertiary/aromatic N) is 1. The maximum atomic E-state index is 12.2. The molecule has 1 heterocycles. The predicted octanol–water partition coefficient (Wildman–Crippen LogP) is 2.46. The lowest BCUT2D eigenvalue weighted by Crippen LogP contribution is -2.50. The molecule has 5 nitrogen and oxygen atoms in total. The monoisotopic (exact) mass is 282 g/mol. The van der Waals surface area contributed by atoms with E-state index in [1.165, 1.54) is 0 Å². The predicted molar refractivity (Wildman–Crippen MR) is 76.5 cm³/mol. The number of hydrogen-bond donors (Lipinski definition) is 2. The second kappa shape index (κ2) is 6.02. The molecule has 0 aromatic rings. The molecule has 0 radical (unpaired) electrons. The van der Waals surface area contributed by atoms with E-state index in [0.717, 1.165) is 32.1 Å². The van der Waals surface area contributed by atoms with Crippen molar-refractivity contribution in [3.8, 4) is 0 Å². The van der Waals surface area contributed by atoms with Gasteiger partial charge in [0.05, 0.1) is 5.92 Å². The fraction of sp³-hybridized carbons (Fsp3) is 0.867. The summed E-state index contributed by atoms with van der Waals surface area (Å²) in [6.07, 6.45) is 5.77. The summed E-state index contributed by atoms with van der Waals surface area (Å²) in [5, 5.41) is 12.1. The van der Waals surface area contributed by atoms with Gasteiger partial charge in [0, 0.05) is 19.1 Å². The first-order valence-electron chi connectivity index (χ1n) is 7.66. The maximum Gasteiger partial charge on any atom is 0.317 e. The Morgan fingerprint density at radius 2 is 1.85 bits per heavy atom. The van der Waals surface area contributed by atoms with Crippen LogP contribution in [0.3, 0.4) is 0 Å². The molecule has 114 valence electrons. The average Bonchev–Trinajstić information content (AvgIpc) is 2.41. The van der Waals surface area contributed by atoms with Crippen molar-refractivity contribution in [3.63, 3.8) is 0 Å². The van der Waals surface area contributed by atoms with E-state index in [1.807, 2.05) is 0 Å². The van der Waals surface area contributed by atoms with Crippen LogP contribution in [0.1, 0.15) is 52.4 Å². The summed E-state index contributed by atoms with van der Waals surface area (Å²) in [5.41, 5.74) is 0.390. The Balaban J connectivity index is 1.81. The van der Waals surface area contributed by atoms with Crippen LogP contribution in [0.5, 0.6) is 0 Å². The van der Waals surface area contributed by atoms with E-state index in [1.54, 1.807) is 4.90 Å². The summed E-state index contributed by atoms with van der Waals surface area (Å²) >= 11 is 0. The average molecular weight is 282 g/mol. The molecule has 0 bridgehead atoms. The number of urea groups is 1. The highest BCUT2D eigenvalue weighted by Gasteiger charge is 2.31. The second-order valence-corrected chi connectivity index (χ2v) is 7.01. The molecule has 0 aromatic heterocycles. The van der Waals surface area contributed by atoms with Crippen LogP contribution in [0.2, 0.25) is 0 Å². The van der Waals surface area contributed by atoms with Gasteiger partial charge in [-0.1, -0.05) is 13.8 Å². The number of piperidine rings is 1. The van der Waals surface area contributed by atoms with Gasteiger partial charge in [-0.15, -0.1) is 0 Å². The molecule has 2 rings (SSSR count). The van der Waals surface area contributed by atoms with Crippen LogP contribution in [0.15, 0.2) is 0 Å². The van der Waals surface area contributed by atoms with Gasteiger partial charge in [-0.05, 0) is 43.9 Å². The summed E-state index contributed by atoms with van der Waals surface area (Å²) < 4.78 is 0. The van der Waals surface area contributed by atoms with Gasteiger partial charge < -0.3 is 15.3 Å². The summed E-state index contributed by atoms with van der Waals surface area (Å²) in [5.74, 6) is -1.19. The molecule has 1 aliphatic heterocycles. The highest BCUT2D eigenvalue weighted by molar-refractivity contribution is 5.76. The van der Waals surface area contributed by atoms with Crippen LogP contribution in [0, 0.1) is 11.3 Å². The van der Waals surface area contributed by atoms with E-state index < -0.39 is 11.9 Å². The van der Waals surface area contributed by atoms with Crippen molar-refractivity contribution in [2.45, 2.75) is 58.4 Å². The van der Waals surface area contributed by atoms with E-state index in [-0.39, 0.29) is 12.1 Å². The van der Waals surface area contributed by atoms with Crippen molar-refractivity contribution in [1.82, 2.24) is 10.2 Å². The van der Waals surface area contributed by atoms with Gasteiger partial charge in [0.15, 0.2) is 0 Å². The number of amides is 2. The minimum absolute atomic E-state index is 0.0827. The number of carbonyl (C=O) groups is 2. The Labute approximate surface area is 120 Å². The Bertz CT molecular complexity index is 371. The second-order valence-electron chi connectivity index (χ2n) is 7.01. The van der Waals surface area contributed by atoms with Gasteiger partial charge in [-0.2, -0.15) is 0 Å². The van der Waals surface area contributed by atoms with Crippen molar-refractivity contribution in [3.05, 3.63) is 0 Å². The molecule has 20 heavy (non-hydrogen) atoms. The third kappa shape index (κ3) is 3.87. The van der Waals surface area contributed by atoms with Crippen molar-refractivity contribution in [2.75, 3.05) is 13.1 Å². The molecule has 1 atom stereocenters. The first-order valence-corrected chi connectivity index (χ1v) is 7.66. The number of hydrogen-bond acceptors (Lipinski definition) is 2. The topological polar surface area (TPSA) is 69.6 Å². The fourth-order valence-corrected chi connectivity index (χ4v) is 3.17. The fourth-order valence-electron chi connectivity index (χ4n) is 3.17. The van der Waals surface area contributed by atoms with Crippen LogP contribution in [-0.4, -0.2) is 41.1 Å². The molecular weight excluding hydrogens is 256 g/mol. The minimum atomic E-state index is -0.790. The van der Waals surface area contributed by atoms with Crippen LogP contribution >= 0.6 is 0 Å². The first-order chi connectivity index (χ1) is 9.37. The van der Waals surface area contributed by atoms with E-state index in [0.29, 0.717) is 24.9 Å². The van der Waals surface area contributed by atoms with Crippen molar-refractivity contribution < 1.29 is 14.7 Å². The quantitative estimate of drug-likeness (QED) is 0.817. The van der Waals surface area contributed by atoms with Crippen molar-refractivity contribution >= 4 is 12.0 Å². The van der Waals surface area contributed by atoms with E-state index in [9.17, 15) is 9.59 Å². The molecule has 0 unspecified atom stereocenters. The normalized spacial score (nSPS) is 27.1. The van der Waals surface area contributed by atoms with Crippen LogP contribution < -0.4 is 5.32 Å². The zero-order chi connectivity index (χ0) is 14.8. The van der Waals surface area contributed by atoms with Crippen molar-refractivity contribution in [2.24, 2.45) is 11.3 Å². The SMILES string of the molecule is CC1(C)CCC(NC(=O)N2CCC[C@@H](C(=O)O)C2)CC1. The van der Waals surface area contributed by atoms with E-state index >= 15 is 0 Å². The molecule has 1 saturated heterocycles. The zero-order valence-electron chi connectivity index (χ0n) is 12.5. The Morgan fingerprint density at radius 1 is 1.20 bits per heavy atom. The van der Waals surface area contributed by atoms with Gasteiger partial charge in [-0.3, -0.25) is 4.79 Å². The number of nitrogens with one attached hydrogen (secondary N) is 1. The number of carboxylic acid groups (broad SMARTS) is 1. The molecule has 1 saturated carbocycles. The standard InChI is InChI=1S/C15H26N2O3/c1-15(2)7-5-12(6-8-15)16-14(20)17-9-3-4-11(10-17)13(18)19/h11-12H,3-10H2,1-2H3,(H,16,20)(H,18,19)/t11-/m1/s1. The van der Waals surface area contributed by atoms with Crippen LogP contribution in [-0.2, 0) is 4.79 Å². The smallest absolute Gasteiger partial charge is 0.317 e. The summed E-state index contributed by atoms with van der Waals surface area (Å²) in [4.78, 5) is 24.9. The van der Waals surface area contributed by atoms with Crippen LogP contribution in [0.25, 0.3) is 0 Å². The van der Waals surface area contributed by atoms with Gasteiger partial charge in [0.2, 0.25) is 0 Å². The Kier molecular flexibility index (Phi) is 4.55. The minimum Gasteiger partial charge on any atom is -0.481 e. The number of likely N-dealkylation sites (tertiary alicyclic amines) is 1. The molecule has 2 aliphatic rings. The third-order valence-electron chi connectivity index (χ3n) is 4.72. The number of carbonyl (C=O) groups excluding carboxylic acids is 1. The largest absolute Gasteiger partial charge is 0.481 e.